The van der Waals surface area contributed by atoms with Crippen LogP contribution in [0.15, 0.2) is 95.6 Å². The summed E-state index contributed by atoms with van der Waals surface area (Å²) in [7, 11) is 0. The number of hydrogen-bond donors (Lipinski definition) is 1. The molecule has 0 bridgehead atoms. The summed E-state index contributed by atoms with van der Waals surface area (Å²) >= 11 is 1.16. The molecular formula is C26H22FN3O2S. The number of nitrogens with one attached hydrogen (secondary N) is 1. The molecule has 1 atom stereocenters. The maximum atomic E-state index is 13.4. The Morgan fingerprint density at radius 2 is 1.67 bits per heavy atom. The first kappa shape index (κ1) is 22.5. The highest BCUT2D eigenvalue weighted by molar-refractivity contribution is 8.14. The molecule has 1 heterocycles. The number of carbonyl (C=O) groups excluding carboxylic acids is 2. The van der Waals surface area contributed by atoms with Gasteiger partial charge in [0.25, 0.3) is 5.91 Å². The van der Waals surface area contributed by atoms with E-state index in [2.05, 4.69) is 10.3 Å². The zero-order chi connectivity index (χ0) is 23.2. The van der Waals surface area contributed by atoms with Gasteiger partial charge in [-0.05, 0) is 48.4 Å². The van der Waals surface area contributed by atoms with Crippen LogP contribution in [0, 0.1) is 5.82 Å². The Morgan fingerprint density at radius 1 is 1.03 bits per heavy atom. The van der Waals surface area contributed by atoms with Gasteiger partial charge in [-0.25, -0.2) is 9.38 Å². The topological polar surface area (TPSA) is 61.8 Å². The van der Waals surface area contributed by atoms with Crippen molar-refractivity contribution in [3.05, 3.63) is 108 Å². The minimum Gasteiger partial charge on any atom is -0.349 e. The molecular weight excluding hydrogens is 437 g/mol. The third-order valence-electron chi connectivity index (χ3n) is 5.03. The van der Waals surface area contributed by atoms with Crippen LogP contribution in [-0.4, -0.2) is 22.7 Å². The molecule has 166 valence electrons. The van der Waals surface area contributed by atoms with Crippen molar-refractivity contribution < 1.29 is 14.0 Å². The van der Waals surface area contributed by atoms with Crippen LogP contribution in [0.1, 0.15) is 24.1 Å². The lowest BCUT2D eigenvalue weighted by atomic mass is 10.1. The molecule has 1 aliphatic rings. The molecule has 3 aromatic rings. The van der Waals surface area contributed by atoms with Crippen LogP contribution in [0.5, 0.6) is 0 Å². The molecule has 1 aliphatic heterocycles. The molecule has 1 N–H and O–H groups in total. The summed E-state index contributed by atoms with van der Waals surface area (Å²) in [5, 5.41) is 3.33. The van der Waals surface area contributed by atoms with Gasteiger partial charge < -0.3 is 5.32 Å². The van der Waals surface area contributed by atoms with Crippen LogP contribution in [0.25, 0.3) is 6.08 Å². The lowest BCUT2D eigenvalue weighted by Gasteiger charge is -2.18. The largest absolute Gasteiger partial charge is 0.349 e. The van der Waals surface area contributed by atoms with Crippen LogP contribution < -0.4 is 10.2 Å². The van der Waals surface area contributed by atoms with E-state index in [1.165, 1.54) is 29.2 Å². The van der Waals surface area contributed by atoms with Gasteiger partial charge in [0.1, 0.15) is 11.5 Å². The summed E-state index contributed by atoms with van der Waals surface area (Å²) < 4.78 is 13.4. The molecule has 0 unspecified atom stereocenters. The number of rotatable bonds is 6. The maximum absolute atomic E-state index is 13.4. The number of hydrogen-bond acceptors (Lipinski definition) is 4. The van der Waals surface area contributed by atoms with Gasteiger partial charge in [-0.15, -0.1) is 0 Å². The highest BCUT2D eigenvalue weighted by atomic mass is 32.2. The Morgan fingerprint density at radius 3 is 2.33 bits per heavy atom. The summed E-state index contributed by atoms with van der Waals surface area (Å²) in [5.74, 6) is -0.817. The molecule has 0 saturated carbocycles. The highest BCUT2D eigenvalue weighted by Crippen LogP contribution is 2.29. The Hall–Kier alpha value is -3.71. The van der Waals surface area contributed by atoms with Crippen molar-refractivity contribution in [2.24, 2.45) is 4.99 Å². The van der Waals surface area contributed by atoms with Crippen LogP contribution in [0.3, 0.4) is 0 Å². The van der Waals surface area contributed by atoms with E-state index in [4.69, 9.17) is 0 Å². The first-order chi connectivity index (χ1) is 16.0. The lowest BCUT2D eigenvalue weighted by Crippen LogP contribution is -2.33. The average molecular weight is 460 g/mol. The average Bonchev–Trinajstić information content (AvgIpc) is 3.14. The standard InChI is InChI=1S/C26H22FN3O2S/c1-18(20-10-6-3-7-11-20)28-24(31)17-33-26-29-23(16-19-8-4-2-5-9-19)25(32)30(26)22-14-12-21(27)13-15-22/h2-16,18H,17H2,1H3,(H,28,31)/b23-16+/t18-/m0/s1. The molecule has 0 aromatic heterocycles. The van der Waals surface area contributed by atoms with E-state index >= 15 is 0 Å². The van der Waals surface area contributed by atoms with Crippen molar-refractivity contribution in [1.29, 1.82) is 0 Å². The fourth-order valence-electron chi connectivity index (χ4n) is 3.36. The van der Waals surface area contributed by atoms with Crippen LogP contribution in [0.2, 0.25) is 0 Å². The Kier molecular flexibility index (Phi) is 7.00. The number of aliphatic imine (C=N–C) groups is 1. The van der Waals surface area contributed by atoms with Crippen LogP contribution in [0.4, 0.5) is 10.1 Å². The molecule has 0 aliphatic carbocycles. The van der Waals surface area contributed by atoms with E-state index in [0.717, 1.165) is 22.9 Å². The second-order valence-electron chi connectivity index (χ2n) is 7.44. The number of benzene rings is 3. The van der Waals surface area contributed by atoms with E-state index in [0.29, 0.717) is 10.9 Å². The molecule has 2 amide bonds. The first-order valence-corrected chi connectivity index (χ1v) is 11.4. The summed E-state index contributed by atoms with van der Waals surface area (Å²) in [6, 6.07) is 24.5. The Bertz CT molecular complexity index is 1200. The number of anilines is 1. The zero-order valence-electron chi connectivity index (χ0n) is 17.9. The van der Waals surface area contributed by atoms with E-state index in [9.17, 15) is 14.0 Å². The van der Waals surface area contributed by atoms with Crippen molar-refractivity contribution in [2.45, 2.75) is 13.0 Å². The van der Waals surface area contributed by atoms with E-state index in [1.807, 2.05) is 67.6 Å². The number of halogens is 1. The predicted octanol–water partition coefficient (Wildman–Crippen LogP) is 5.18. The fourth-order valence-corrected chi connectivity index (χ4v) is 4.18. The zero-order valence-corrected chi connectivity index (χ0v) is 18.8. The molecule has 3 aromatic carbocycles. The van der Waals surface area contributed by atoms with E-state index < -0.39 is 5.82 Å². The molecule has 0 radical (unpaired) electrons. The van der Waals surface area contributed by atoms with Gasteiger partial charge in [-0.2, -0.15) is 0 Å². The van der Waals surface area contributed by atoms with Gasteiger partial charge >= 0.3 is 0 Å². The molecule has 4 rings (SSSR count). The van der Waals surface area contributed by atoms with Crippen molar-refractivity contribution in [2.75, 3.05) is 10.7 Å². The lowest BCUT2D eigenvalue weighted by molar-refractivity contribution is -0.119. The van der Waals surface area contributed by atoms with Gasteiger partial charge in [0, 0.05) is 0 Å². The van der Waals surface area contributed by atoms with Crippen molar-refractivity contribution in [3.63, 3.8) is 0 Å². The Balaban J connectivity index is 1.52. The Labute approximate surface area is 196 Å². The molecule has 0 saturated heterocycles. The summed E-state index contributed by atoms with van der Waals surface area (Å²) in [5.41, 5.74) is 2.59. The van der Waals surface area contributed by atoms with Gasteiger partial charge in [-0.3, -0.25) is 14.5 Å². The van der Waals surface area contributed by atoms with E-state index in [-0.39, 0.29) is 29.3 Å². The molecule has 5 nitrogen and oxygen atoms in total. The molecule has 33 heavy (non-hydrogen) atoms. The second-order valence-corrected chi connectivity index (χ2v) is 8.38. The normalized spacial score (nSPS) is 15.5. The van der Waals surface area contributed by atoms with Gasteiger partial charge in [0.05, 0.1) is 17.5 Å². The van der Waals surface area contributed by atoms with Crippen molar-refractivity contribution >= 4 is 40.5 Å². The van der Waals surface area contributed by atoms with Gasteiger partial charge in [0.15, 0.2) is 5.17 Å². The summed E-state index contributed by atoms with van der Waals surface area (Å²) in [6.45, 7) is 1.92. The first-order valence-electron chi connectivity index (χ1n) is 10.4. The smallest absolute Gasteiger partial charge is 0.283 e. The number of carbonyl (C=O) groups is 2. The van der Waals surface area contributed by atoms with Crippen molar-refractivity contribution in [3.8, 4) is 0 Å². The van der Waals surface area contributed by atoms with Gasteiger partial charge in [-0.1, -0.05) is 72.4 Å². The number of thioether (sulfide) groups is 1. The number of amides is 2. The minimum atomic E-state index is -0.397. The van der Waals surface area contributed by atoms with E-state index in [1.54, 1.807) is 6.08 Å². The second kappa shape index (κ2) is 10.3. The van der Waals surface area contributed by atoms with Crippen LogP contribution >= 0.6 is 11.8 Å². The summed E-state index contributed by atoms with van der Waals surface area (Å²) in [4.78, 5) is 31.6. The predicted molar refractivity (Wildman–Crippen MR) is 131 cm³/mol. The number of amidine groups is 1. The third kappa shape index (κ3) is 5.56. The minimum absolute atomic E-state index is 0.0829. The SMILES string of the molecule is C[C@H](NC(=O)CSC1=N/C(=C/c2ccccc2)C(=O)N1c1ccc(F)cc1)c1ccccc1. The molecule has 0 fully saturated rings. The van der Waals surface area contributed by atoms with Crippen molar-refractivity contribution in [1.82, 2.24) is 5.32 Å². The fraction of sp³-hybridized carbons (Fsp3) is 0.115. The highest BCUT2D eigenvalue weighted by Gasteiger charge is 2.32. The molecule has 7 heteroatoms. The maximum Gasteiger partial charge on any atom is 0.283 e. The third-order valence-corrected chi connectivity index (χ3v) is 5.97. The molecule has 0 spiro atoms. The van der Waals surface area contributed by atoms with Gasteiger partial charge in [0.2, 0.25) is 5.91 Å². The number of nitrogens with zero attached hydrogens (tertiary/aromatic N) is 2. The monoisotopic (exact) mass is 459 g/mol. The van der Waals surface area contributed by atoms with Crippen LogP contribution in [-0.2, 0) is 9.59 Å². The quantitative estimate of drug-likeness (QED) is 0.517. The summed E-state index contributed by atoms with van der Waals surface area (Å²) in [6.07, 6.45) is 1.70.